The lowest BCUT2D eigenvalue weighted by Crippen LogP contribution is -2.52. The Morgan fingerprint density at radius 1 is 1.23 bits per heavy atom. The molecule has 3 rings (SSSR count). The summed E-state index contributed by atoms with van der Waals surface area (Å²) in [5.74, 6) is 2.73. The Kier molecular flexibility index (Phi) is 10.2. The first-order valence-electron chi connectivity index (χ1n) is 10.4. The predicted octanol–water partition coefficient (Wildman–Crippen LogP) is 4.18. The summed E-state index contributed by atoms with van der Waals surface area (Å²) >= 11 is 6.35. The minimum absolute atomic E-state index is 0. The average Bonchev–Trinajstić information content (AvgIpc) is 3.20. The van der Waals surface area contributed by atoms with Gasteiger partial charge in [0, 0.05) is 51.6 Å². The van der Waals surface area contributed by atoms with Gasteiger partial charge in [-0.25, -0.2) is 0 Å². The number of anilines is 1. The molecule has 9 heteroatoms. The molecule has 2 heterocycles. The van der Waals surface area contributed by atoms with Crippen molar-refractivity contribution >= 4 is 47.2 Å². The molecule has 0 bridgehead atoms. The van der Waals surface area contributed by atoms with Crippen LogP contribution in [0.4, 0.5) is 5.69 Å². The fraction of sp³-hybridized carbons (Fsp3) is 0.571. The van der Waals surface area contributed by atoms with Gasteiger partial charge in [0.1, 0.15) is 0 Å². The van der Waals surface area contributed by atoms with E-state index in [0.717, 1.165) is 74.6 Å². The van der Waals surface area contributed by atoms with Crippen LogP contribution in [0.5, 0.6) is 0 Å². The number of rotatable bonds is 7. The van der Waals surface area contributed by atoms with Crippen LogP contribution in [0.2, 0.25) is 5.02 Å². The Hall–Kier alpha value is -1.55. The summed E-state index contributed by atoms with van der Waals surface area (Å²) in [6.07, 6.45) is 1.64. The van der Waals surface area contributed by atoms with Crippen LogP contribution in [0, 0.1) is 0 Å². The van der Waals surface area contributed by atoms with Crippen molar-refractivity contribution < 1.29 is 4.52 Å². The minimum atomic E-state index is 0. The standard InChI is InChI=1S/C21H31ClN6O.HI/c1-4-23-21(24-11-7-10-19-25-20(16(2)3)26-29-19)28-14-12-27(13-15-28)18-9-6-5-8-17(18)22;/h5-6,8-9,16H,4,7,10-15H2,1-3H3,(H,23,24);1H. The van der Waals surface area contributed by atoms with Gasteiger partial charge in [-0.15, -0.1) is 24.0 Å². The second-order valence-electron chi connectivity index (χ2n) is 7.47. The molecule has 0 amide bonds. The normalized spacial score (nSPS) is 14.8. The van der Waals surface area contributed by atoms with Crippen LogP contribution in [-0.4, -0.2) is 60.3 Å². The van der Waals surface area contributed by atoms with Gasteiger partial charge in [0.15, 0.2) is 11.8 Å². The van der Waals surface area contributed by atoms with Gasteiger partial charge < -0.3 is 19.6 Å². The maximum absolute atomic E-state index is 6.35. The van der Waals surface area contributed by atoms with Crippen LogP contribution in [-0.2, 0) is 6.42 Å². The number of piperazine rings is 1. The fourth-order valence-corrected chi connectivity index (χ4v) is 3.57. The summed E-state index contributed by atoms with van der Waals surface area (Å²) in [5, 5.41) is 8.24. The van der Waals surface area contributed by atoms with Gasteiger partial charge in [-0.2, -0.15) is 4.98 Å². The molecule has 30 heavy (non-hydrogen) atoms. The molecule has 1 N–H and O–H groups in total. The fourth-order valence-electron chi connectivity index (χ4n) is 3.31. The molecule has 0 spiro atoms. The van der Waals surface area contributed by atoms with Crippen molar-refractivity contribution in [2.45, 2.75) is 39.5 Å². The third-order valence-corrected chi connectivity index (χ3v) is 5.24. The third kappa shape index (κ3) is 6.73. The summed E-state index contributed by atoms with van der Waals surface area (Å²) in [5.41, 5.74) is 1.11. The Labute approximate surface area is 201 Å². The van der Waals surface area contributed by atoms with E-state index in [0.29, 0.717) is 5.89 Å². The van der Waals surface area contributed by atoms with Gasteiger partial charge in [-0.05, 0) is 25.5 Å². The topological polar surface area (TPSA) is 69.8 Å². The number of aliphatic imine (C=N–C) groups is 1. The highest BCUT2D eigenvalue weighted by Crippen LogP contribution is 2.26. The molecule has 166 valence electrons. The zero-order chi connectivity index (χ0) is 20.6. The first-order valence-corrected chi connectivity index (χ1v) is 10.8. The lowest BCUT2D eigenvalue weighted by molar-refractivity contribution is 0.366. The number of benzene rings is 1. The summed E-state index contributed by atoms with van der Waals surface area (Å²) in [6.45, 7) is 11.5. The molecule has 1 aromatic carbocycles. The molecule has 0 atom stereocenters. The van der Waals surface area contributed by atoms with Gasteiger partial charge in [-0.1, -0.05) is 42.7 Å². The van der Waals surface area contributed by atoms with Crippen molar-refractivity contribution in [3.63, 3.8) is 0 Å². The zero-order valence-electron chi connectivity index (χ0n) is 18.0. The Morgan fingerprint density at radius 3 is 2.60 bits per heavy atom. The van der Waals surface area contributed by atoms with E-state index < -0.39 is 0 Å². The zero-order valence-corrected chi connectivity index (χ0v) is 21.1. The van der Waals surface area contributed by atoms with Gasteiger partial charge in [-0.3, -0.25) is 4.99 Å². The number of guanidine groups is 1. The number of nitrogens with zero attached hydrogens (tertiary/aromatic N) is 5. The number of halogens is 2. The lowest BCUT2D eigenvalue weighted by atomic mass is 10.2. The van der Waals surface area contributed by atoms with Gasteiger partial charge >= 0.3 is 0 Å². The number of hydrogen-bond acceptors (Lipinski definition) is 5. The summed E-state index contributed by atoms with van der Waals surface area (Å²) in [7, 11) is 0. The molecule has 0 unspecified atom stereocenters. The predicted molar refractivity (Wildman–Crippen MR) is 133 cm³/mol. The Bertz CT molecular complexity index is 804. The van der Waals surface area contributed by atoms with Gasteiger partial charge in [0.05, 0.1) is 10.7 Å². The molecule has 1 aliphatic heterocycles. The van der Waals surface area contributed by atoms with Crippen molar-refractivity contribution in [3.8, 4) is 0 Å². The SMILES string of the molecule is CCNC(=NCCCc1nc(C(C)C)no1)N1CCN(c2ccccc2Cl)CC1.I. The van der Waals surface area contributed by atoms with E-state index in [4.69, 9.17) is 21.1 Å². The number of aryl methyl sites for hydroxylation is 1. The first kappa shape index (κ1) is 24.7. The minimum Gasteiger partial charge on any atom is -0.367 e. The van der Waals surface area contributed by atoms with Crippen molar-refractivity contribution in [3.05, 3.63) is 41.0 Å². The molecule has 1 saturated heterocycles. The number of nitrogens with one attached hydrogen (secondary N) is 1. The molecule has 1 aliphatic rings. The molecular formula is C21H32ClIN6O. The van der Waals surface area contributed by atoms with E-state index in [1.807, 2.05) is 18.2 Å². The van der Waals surface area contributed by atoms with Crippen molar-refractivity contribution in [1.29, 1.82) is 0 Å². The molecule has 2 aromatic rings. The molecule has 1 aromatic heterocycles. The van der Waals surface area contributed by atoms with Crippen molar-refractivity contribution in [2.24, 2.45) is 4.99 Å². The molecule has 0 radical (unpaired) electrons. The van der Waals surface area contributed by atoms with E-state index in [-0.39, 0.29) is 29.9 Å². The van der Waals surface area contributed by atoms with Crippen LogP contribution in [0.3, 0.4) is 0 Å². The van der Waals surface area contributed by atoms with Crippen LogP contribution in [0.1, 0.15) is 44.8 Å². The van der Waals surface area contributed by atoms with Crippen LogP contribution in [0.15, 0.2) is 33.8 Å². The maximum atomic E-state index is 6.35. The number of aromatic nitrogens is 2. The summed E-state index contributed by atoms with van der Waals surface area (Å²) in [4.78, 5) is 13.9. The Morgan fingerprint density at radius 2 is 1.97 bits per heavy atom. The van der Waals surface area contributed by atoms with Crippen LogP contribution in [0.25, 0.3) is 0 Å². The Balaban J connectivity index is 0.00000320. The molecular weight excluding hydrogens is 515 g/mol. The van der Waals surface area contributed by atoms with E-state index >= 15 is 0 Å². The lowest BCUT2D eigenvalue weighted by Gasteiger charge is -2.38. The second-order valence-corrected chi connectivity index (χ2v) is 7.87. The average molecular weight is 547 g/mol. The highest BCUT2D eigenvalue weighted by molar-refractivity contribution is 14.0. The van der Waals surface area contributed by atoms with E-state index in [2.05, 4.69) is 52.1 Å². The van der Waals surface area contributed by atoms with Crippen molar-refractivity contribution in [1.82, 2.24) is 20.4 Å². The third-order valence-electron chi connectivity index (χ3n) is 4.92. The van der Waals surface area contributed by atoms with Gasteiger partial charge in [0.2, 0.25) is 5.89 Å². The monoisotopic (exact) mass is 546 g/mol. The smallest absolute Gasteiger partial charge is 0.226 e. The van der Waals surface area contributed by atoms with Crippen LogP contribution < -0.4 is 10.2 Å². The largest absolute Gasteiger partial charge is 0.367 e. The molecule has 0 saturated carbocycles. The number of para-hydroxylation sites is 1. The van der Waals surface area contributed by atoms with E-state index in [1.165, 1.54) is 0 Å². The number of hydrogen-bond donors (Lipinski definition) is 1. The second kappa shape index (κ2) is 12.3. The maximum Gasteiger partial charge on any atom is 0.226 e. The highest BCUT2D eigenvalue weighted by Gasteiger charge is 2.21. The first-order chi connectivity index (χ1) is 14.1. The highest BCUT2D eigenvalue weighted by atomic mass is 127. The molecule has 1 fully saturated rings. The van der Waals surface area contributed by atoms with Crippen molar-refractivity contribution in [2.75, 3.05) is 44.2 Å². The van der Waals surface area contributed by atoms with E-state index in [9.17, 15) is 0 Å². The molecule has 7 nitrogen and oxygen atoms in total. The van der Waals surface area contributed by atoms with Gasteiger partial charge in [0.25, 0.3) is 0 Å². The van der Waals surface area contributed by atoms with E-state index in [1.54, 1.807) is 0 Å². The van der Waals surface area contributed by atoms with Crippen LogP contribution >= 0.6 is 35.6 Å². The summed E-state index contributed by atoms with van der Waals surface area (Å²) in [6, 6.07) is 8.03. The quantitative estimate of drug-likeness (QED) is 0.243. The summed E-state index contributed by atoms with van der Waals surface area (Å²) < 4.78 is 5.31. The molecule has 0 aliphatic carbocycles.